The first-order chi connectivity index (χ1) is 17.0. The number of halogens is 1. The largest absolute Gasteiger partial charge is 0.486 e. The van der Waals surface area contributed by atoms with Crippen LogP contribution < -0.4 is 19.1 Å². The SMILES string of the molecule is CCS(=O)(=O)N(CC(=O)N(Cc1ccc(Br)cc1)[C@H](C)C(=O)NC(C)C)c1ccc2c(c1)OCCO2. The Morgan fingerprint density at radius 1 is 1.03 bits per heavy atom. The second-order valence-electron chi connectivity index (χ2n) is 8.72. The summed E-state index contributed by atoms with van der Waals surface area (Å²) in [5.41, 5.74) is 1.09. The van der Waals surface area contributed by atoms with Crippen molar-refractivity contribution >= 4 is 43.5 Å². The third-order valence-electron chi connectivity index (χ3n) is 5.66. The summed E-state index contributed by atoms with van der Waals surface area (Å²) in [6.07, 6.45) is 0. The van der Waals surface area contributed by atoms with E-state index >= 15 is 0 Å². The van der Waals surface area contributed by atoms with Gasteiger partial charge in [0.25, 0.3) is 0 Å². The van der Waals surface area contributed by atoms with Gasteiger partial charge >= 0.3 is 0 Å². The lowest BCUT2D eigenvalue weighted by Crippen LogP contribution is -2.52. The molecule has 2 aromatic carbocycles. The average molecular weight is 583 g/mol. The smallest absolute Gasteiger partial charge is 0.244 e. The van der Waals surface area contributed by atoms with Crippen molar-refractivity contribution in [1.82, 2.24) is 10.2 Å². The first-order valence-corrected chi connectivity index (χ1v) is 14.2. The third-order valence-corrected chi connectivity index (χ3v) is 7.93. The molecule has 0 bridgehead atoms. The summed E-state index contributed by atoms with van der Waals surface area (Å²) in [4.78, 5) is 27.9. The molecule has 1 aliphatic heterocycles. The van der Waals surface area contributed by atoms with E-state index in [9.17, 15) is 18.0 Å². The highest BCUT2D eigenvalue weighted by Gasteiger charge is 2.31. The number of carbonyl (C=O) groups is 2. The van der Waals surface area contributed by atoms with Gasteiger partial charge in [0, 0.05) is 23.1 Å². The highest BCUT2D eigenvalue weighted by atomic mass is 79.9. The fourth-order valence-corrected chi connectivity index (χ4v) is 5.00. The Morgan fingerprint density at radius 2 is 1.67 bits per heavy atom. The van der Waals surface area contributed by atoms with E-state index in [2.05, 4.69) is 21.2 Å². The summed E-state index contributed by atoms with van der Waals surface area (Å²) >= 11 is 3.40. The molecule has 0 unspecified atom stereocenters. The molecule has 196 valence electrons. The van der Waals surface area contributed by atoms with Crippen LogP contribution in [0.5, 0.6) is 11.5 Å². The number of amides is 2. The van der Waals surface area contributed by atoms with Crippen LogP contribution in [-0.2, 0) is 26.2 Å². The van der Waals surface area contributed by atoms with Crippen LogP contribution in [0.4, 0.5) is 5.69 Å². The van der Waals surface area contributed by atoms with Crippen LogP contribution in [0, 0.1) is 0 Å². The number of nitrogens with zero attached hydrogens (tertiary/aromatic N) is 2. The zero-order chi connectivity index (χ0) is 26.5. The highest BCUT2D eigenvalue weighted by molar-refractivity contribution is 9.10. The Hall–Kier alpha value is -2.79. The van der Waals surface area contributed by atoms with Crippen molar-refractivity contribution in [1.29, 1.82) is 0 Å². The molecule has 0 saturated carbocycles. The molecular formula is C25H32BrN3O6S. The minimum Gasteiger partial charge on any atom is -0.486 e. The van der Waals surface area contributed by atoms with Gasteiger partial charge in [-0.3, -0.25) is 13.9 Å². The molecular weight excluding hydrogens is 550 g/mol. The molecule has 36 heavy (non-hydrogen) atoms. The first kappa shape index (κ1) is 27.8. The Balaban J connectivity index is 1.94. The zero-order valence-corrected chi connectivity index (χ0v) is 23.3. The van der Waals surface area contributed by atoms with E-state index < -0.39 is 28.5 Å². The molecule has 0 aromatic heterocycles. The van der Waals surface area contributed by atoms with Gasteiger partial charge in [0.2, 0.25) is 21.8 Å². The molecule has 2 amide bonds. The Morgan fingerprint density at radius 3 is 2.28 bits per heavy atom. The van der Waals surface area contributed by atoms with E-state index in [1.165, 1.54) is 11.8 Å². The highest BCUT2D eigenvalue weighted by Crippen LogP contribution is 2.35. The molecule has 3 rings (SSSR count). The number of nitrogens with one attached hydrogen (secondary N) is 1. The standard InChI is InChI=1S/C25H32BrN3O6S/c1-5-36(32,33)29(21-10-11-22-23(14-21)35-13-12-34-22)16-24(30)28(18(4)25(31)27-17(2)3)15-19-6-8-20(26)9-7-19/h6-11,14,17-18H,5,12-13,15-16H2,1-4H3,(H,27,31)/t18-/m1/s1. The Bertz CT molecular complexity index is 1190. The molecule has 1 heterocycles. The number of benzene rings is 2. The third kappa shape index (κ3) is 6.91. The number of hydrogen-bond acceptors (Lipinski definition) is 6. The van der Waals surface area contributed by atoms with Gasteiger partial charge < -0.3 is 19.7 Å². The normalized spacial score (nSPS) is 13.7. The molecule has 0 saturated heterocycles. The summed E-state index contributed by atoms with van der Waals surface area (Å²) in [6, 6.07) is 11.2. The first-order valence-electron chi connectivity index (χ1n) is 11.8. The van der Waals surface area contributed by atoms with Gasteiger partial charge in [0.15, 0.2) is 11.5 Å². The van der Waals surface area contributed by atoms with Gasteiger partial charge in [-0.2, -0.15) is 0 Å². The number of ether oxygens (including phenoxy) is 2. The maximum atomic E-state index is 13.7. The maximum absolute atomic E-state index is 13.7. The second-order valence-corrected chi connectivity index (χ2v) is 11.8. The van der Waals surface area contributed by atoms with E-state index in [1.807, 2.05) is 38.1 Å². The molecule has 0 radical (unpaired) electrons. The lowest BCUT2D eigenvalue weighted by molar-refractivity contribution is -0.139. The molecule has 0 aliphatic carbocycles. The van der Waals surface area contributed by atoms with Gasteiger partial charge in [-0.1, -0.05) is 28.1 Å². The predicted octanol–water partition coefficient (Wildman–Crippen LogP) is 3.32. The van der Waals surface area contributed by atoms with E-state index in [4.69, 9.17) is 9.47 Å². The molecule has 0 spiro atoms. The van der Waals surface area contributed by atoms with Crippen LogP contribution in [0.2, 0.25) is 0 Å². The summed E-state index contributed by atoms with van der Waals surface area (Å²) < 4.78 is 39.2. The summed E-state index contributed by atoms with van der Waals surface area (Å²) in [5, 5.41) is 2.83. The van der Waals surface area contributed by atoms with Gasteiger partial charge in [-0.25, -0.2) is 8.42 Å². The number of anilines is 1. The Labute approximate surface area is 220 Å². The number of fused-ring (bicyclic) bond motifs is 1. The molecule has 9 nitrogen and oxygen atoms in total. The monoisotopic (exact) mass is 581 g/mol. The van der Waals surface area contributed by atoms with Crippen LogP contribution in [0.3, 0.4) is 0 Å². The van der Waals surface area contributed by atoms with Crippen molar-refractivity contribution in [2.24, 2.45) is 0 Å². The summed E-state index contributed by atoms with van der Waals surface area (Å²) in [6.45, 7) is 7.25. The van der Waals surface area contributed by atoms with Crippen molar-refractivity contribution in [2.45, 2.75) is 46.3 Å². The van der Waals surface area contributed by atoms with Crippen molar-refractivity contribution in [3.63, 3.8) is 0 Å². The van der Waals surface area contributed by atoms with Crippen molar-refractivity contribution in [2.75, 3.05) is 29.8 Å². The van der Waals surface area contributed by atoms with Crippen LogP contribution in [0.15, 0.2) is 46.9 Å². The topological polar surface area (TPSA) is 105 Å². The van der Waals surface area contributed by atoms with E-state index in [0.29, 0.717) is 24.7 Å². The van der Waals surface area contributed by atoms with Crippen molar-refractivity contribution in [3.8, 4) is 11.5 Å². The van der Waals surface area contributed by atoms with Gasteiger partial charge in [-0.15, -0.1) is 0 Å². The lowest BCUT2D eigenvalue weighted by Gasteiger charge is -2.32. The van der Waals surface area contributed by atoms with E-state index in [-0.39, 0.29) is 29.9 Å². The Kier molecular flexibility index (Phi) is 9.24. The molecule has 1 aliphatic rings. The van der Waals surface area contributed by atoms with E-state index in [0.717, 1.165) is 14.3 Å². The zero-order valence-electron chi connectivity index (χ0n) is 20.9. The molecule has 0 fully saturated rings. The van der Waals surface area contributed by atoms with Gasteiger partial charge in [-0.05, 0) is 57.5 Å². The molecule has 2 aromatic rings. The van der Waals surface area contributed by atoms with Crippen LogP contribution in [0.25, 0.3) is 0 Å². The second kappa shape index (κ2) is 12.0. The molecule has 1 atom stereocenters. The predicted molar refractivity (Wildman–Crippen MR) is 142 cm³/mol. The fraction of sp³-hybridized carbons (Fsp3) is 0.440. The van der Waals surface area contributed by atoms with Crippen molar-refractivity contribution < 1.29 is 27.5 Å². The lowest BCUT2D eigenvalue weighted by atomic mass is 10.1. The number of carbonyl (C=O) groups excluding carboxylic acids is 2. The van der Waals surface area contributed by atoms with E-state index in [1.54, 1.807) is 25.1 Å². The van der Waals surface area contributed by atoms with Crippen LogP contribution in [0.1, 0.15) is 33.3 Å². The number of rotatable bonds is 10. The minimum absolute atomic E-state index is 0.112. The maximum Gasteiger partial charge on any atom is 0.244 e. The molecule has 1 N–H and O–H groups in total. The number of sulfonamides is 1. The van der Waals surface area contributed by atoms with Crippen LogP contribution in [-0.4, -0.2) is 62.7 Å². The minimum atomic E-state index is -3.83. The van der Waals surface area contributed by atoms with Crippen LogP contribution >= 0.6 is 15.9 Å². The summed E-state index contributed by atoms with van der Waals surface area (Å²) in [7, 11) is -3.83. The summed E-state index contributed by atoms with van der Waals surface area (Å²) in [5.74, 6) is -0.0963. The molecule has 11 heteroatoms. The fourth-order valence-electron chi connectivity index (χ4n) is 3.68. The van der Waals surface area contributed by atoms with Gasteiger partial charge in [0.1, 0.15) is 25.8 Å². The quantitative estimate of drug-likeness (QED) is 0.461. The average Bonchev–Trinajstić information content (AvgIpc) is 2.85. The van der Waals surface area contributed by atoms with Gasteiger partial charge in [0.05, 0.1) is 11.4 Å². The number of hydrogen-bond donors (Lipinski definition) is 1. The van der Waals surface area contributed by atoms with Crippen molar-refractivity contribution in [3.05, 3.63) is 52.5 Å².